The zero-order valence-corrected chi connectivity index (χ0v) is 9.07. The Labute approximate surface area is 93.9 Å². The summed E-state index contributed by atoms with van der Waals surface area (Å²) in [4.78, 5) is 11.1. The van der Waals surface area contributed by atoms with E-state index < -0.39 is 0 Å². The van der Waals surface area contributed by atoms with E-state index in [0.717, 1.165) is 18.4 Å². The summed E-state index contributed by atoms with van der Waals surface area (Å²) in [5, 5.41) is 1.29. The lowest BCUT2D eigenvalue weighted by Gasteiger charge is -2.06. The van der Waals surface area contributed by atoms with Crippen LogP contribution in [-0.4, -0.2) is 10.5 Å². The van der Waals surface area contributed by atoms with Gasteiger partial charge in [0, 0.05) is 16.6 Å². The Morgan fingerprint density at radius 3 is 2.94 bits per heavy atom. The summed E-state index contributed by atoms with van der Waals surface area (Å²) in [7, 11) is 0. The van der Waals surface area contributed by atoms with Gasteiger partial charge in [0.2, 0.25) is 5.91 Å². The summed E-state index contributed by atoms with van der Waals surface area (Å²) >= 11 is 0. The Morgan fingerprint density at radius 2 is 2.12 bits per heavy atom. The van der Waals surface area contributed by atoms with Crippen LogP contribution in [0.1, 0.15) is 17.7 Å². The fourth-order valence-electron chi connectivity index (χ4n) is 2.76. The minimum atomic E-state index is -0.268. The van der Waals surface area contributed by atoms with Crippen molar-refractivity contribution in [1.82, 2.24) is 4.57 Å². The van der Waals surface area contributed by atoms with Crippen molar-refractivity contribution in [2.45, 2.75) is 25.8 Å². The molecule has 0 aliphatic heterocycles. The lowest BCUT2D eigenvalue weighted by Crippen LogP contribution is -2.19. The Bertz CT molecular complexity index is 569. The number of primary amides is 1. The summed E-state index contributed by atoms with van der Waals surface area (Å²) in [6.45, 7) is 0.301. The second-order valence-corrected chi connectivity index (χ2v) is 4.35. The molecule has 16 heavy (non-hydrogen) atoms. The minimum Gasteiger partial charge on any atom is -0.368 e. The third-order valence-corrected chi connectivity index (χ3v) is 3.35. The zero-order valence-electron chi connectivity index (χ0n) is 9.07. The summed E-state index contributed by atoms with van der Waals surface area (Å²) in [5.74, 6) is -0.268. The van der Waals surface area contributed by atoms with Crippen LogP contribution < -0.4 is 5.73 Å². The molecule has 1 aliphatic carbocycles. The molecule has 3 nitrogen and oxygen atoms in total. The fraction of sp³-hybridized carbons (Fsp3) is 0.308. The Morgan fingerprint density at radius 1 is 1.31 bits per heavy atom. The van der Waals surface area contributed by atoms with Crippen molar-refractivity contribution in [2.75, 3.05) is 0 Å². The number of hydrogen-bond acceptors (Lipinski definition) is 1. The van der Waals surface area contributed by atoms with Crippen LogP contribution in [0.5, 0.6) is 0 Å². The second kappa shape index (κ2) is 3.37. The molecule has 3 heteroatoms. The number of aryl methyl sites for hydroxylation is 1. The molecule has 0 bridgehead atoms. The van der Waals surface area contributed by atoms with Crippen molar-refractivity contribution in [2.24, 2.45) is 5.73 Å². The van der Waals surface area contributed by atoms with Crippen molar-refractivity contribution in [1.29, 1.82) is 0 Å². The topological polar surface area (TPSA) is 48.0 Å². The molecule has 1 aliphatic rings. The summed E-state index contributed by atoms with van der Waals surface area (Å²) in [6.07, 6.45) is 3.38. The summed E-state index contributed by atoms with van der Waals surface area (Å²) < 4.78 is 2.08. The number of hydrogen-bond donors (Lipinski definition) is 1. The standard InChI is InChI=1S/C13H14N2O/c14-13(16)8-15-11-6-2-1-4-9(11)10-5-3-7-12(10)15/h1-2,4,6H,3,5,7-8H2,(H2,14,16). The van der Waals surface area contributed by atoms with E-state index in [-0.39, 0.29) is 5.91 Å². The quantitative estimate of drug-likeness (QED) is 0.811. The number of aromatic nitrogens is 1. The van der Waals surface area contributed by atoms with Crippen LogP contribution in [0, 0.1) is 0 Å². The highest BCUT2D eigenvalue weighted by Gasteiger charge is 2.21. The van der Waals surface area contributed by atoms with E-state index in [2.05, 4.69) is 22.8 Å². The van der Waals surface area contributed by atoms with Gasteiger partial charge in [-0.3, -0.25) is 4.79 Å². The van der Waals surface area contributed by atoms with Gasteiger partial charge in [-0.1, -0.05) is 18.2 Å². The fourth-order valence-corrected chi connectivity index (χ4v) is 2.76. The van der Waals surface area contributed by atoms with Crippen molar-refractivity contribution in [3.63, 3.8) is 0 Å². The third kappa shape index (κ3) is 1.24. The Balaban J connectivity index is 2.28. The van der Waals surface area contributed by atoms with Crippen LogP contribution in [0.25, 0.3) is 10.9 Å². The highest BCUT2D eigenvalue weighted by molar-refractivity contribution is 5.87. The number of nitrogens with zero attached hydrogens (tertiary/aromatic N) is 1. The summed E-state index contributed by atoms with van der Waals surface area (Å²) in [5.41, 5.74) is 9.17. The van der Waals surface area contributed by atoms with Crippen molar-refractivity contribution < 1.29 is 4.79 Å². The molecule has 0 saturated carbocycles. The van der Waals surface area contributed by atoms with Gasteiger partial charge < -0.3 is 10.3 Å². The third-order valence-electron chi connectivity index (χ3n) is 3.35. The number of nitrogens with two attached hydrogens (primary N) is 1. The van der Waals surface area contributed by atoms with Crippen LogP contribution in [-0.2, 0) is 24.2 Å². The highest BCUT2D eigenvalue weighted by atomic mass is 16.1. The number of rotatable bonds is 2. The smallest absolute Gasteiger partial charge is 0.237 e. The van der Waals surface area contributed by atoms with Gasteiger partial charge in [0.05, 0.1) is 0 Å². The lowest BCUT2D eigenvalue weighted by atomic mass is 10.1. The molecule has 1 aromatic carbocycles. The number of para-hydroxylation sites is 1. The van der Waals surface area contributed by atoms with Gasteiger partial charge in [0.25, 0.3) is 0 Å². The maximum atomic E-state index is 11.1. The van der Waals surface area contributed by atoms with Crippen LogP contribution in [0.15, 0.2) is 24.3 Å². The number of carbonyl (C=O) groups excluding carboxylic acids is 1. The molecule has 2 N–H and O–H groups in total. The largest absolute Gasteiger partial charge is 0.368 e. The van der Waals surface area contributed by atoms with Crippen LogP contribution in [0.4, 0.5) is 0 Å². The lowest BCUT2D eigenvalue weighted by molar-refractivity contribution is -0.118. The number of carbonyl (C=O) groups is 1. The molecule has 0 atom stereocenters. The molecule has 0 spiro atoms. The van der Waals surface area contributed by atoms with Gasteiger partial charge in [-0.15, -0.1) is 0 Å². The van der Waals surface area contributed by atoms with E-state index in [4.69, 9.17) is 5.73 Å². The molecule has 82 valence electrons. The van der Waals surface area contributed by atoms with E-state index in [1.807, 2.05) is 6.07 Å². The molecular formula is C13H14N2O. The molecule has 3 rings (SSSR count). The first-order valence-corrected chi connectivity index (χ1v) is 5.64. The monoisotopic (exact) mass is 214 g/mol. The predicted molar refractivity (Wildman–Crippen MR) is 63.2 cm³/mol. The maximum Gasteiger partial charge on any atom is 0.237 e. The van der Waals surface area contributed by atoms with Crippen molar-refractivity contribution >= 4 is 16.8 Å². The first-order chi connectivity index (χ1) is 7.77. The van der Waals surface area contributed by atoms with Gasteiger partial charge in [0.1, 0.15) is 6.54 Å². The molecule has 0 unspecified atom stereocenters. The van der Waals surface area contributed by atoms with Crippen LogP contribution in [0.2, 0.25) is 0 Å². The molecular weight excluding hydrogens is 200 g/mol. The molecule has 1 heterocycles. The van der Waals surface area contributed by atoms with Gasteiger partial charge in [-0.25, -0.2) is 0 Å². The first-order valence-electron chi connectivity index (χ1n) is 5.64. The summed E-state index contributed by atoms with van der Waals surface area (Å²) in [6, 6.07) is 8.26. The van der Waals surface area contributed by atoms with Crippen molar-refractivity contribution in [3.8, 4) is 0 Å². The minimum absolute atomic E-state index is 0.268. The molecule has 1 aromatic heterocycles. The van der Waals surface area contributed by atoms with Crippen LogP contribution >= 0.6 is 0 Å². The molecule has 2 aromatic rings. The number of fused-ring (bicyclic) bond motifs is 3. The SMILES string of the molecule is NC(=O)Cn1c2c(c3ccccc31)CCC2. The normalized spacial score (nSPS) is 14.2. The first kappa shape index (κ1) is 9.46. The molecule has 1 amide bonds. The molecule has 0 fully saturated rings. The number of amides is 1. The van der Waals surface area contributed by atoms with Gasteiger partial charge >= 0.3 is 0 Å². The Kier molecular flexibility index (Phi) is 1.99. The highest BCUT2D eigenvalue weighted by Crippen LogP contribution is 2.32. The van der Waals surface area contributed by atoms with E-state index in [1.54, 1.807) is 0 Å². The average Bonchev–Trinajstić information content (AvgIpc) is 2.82. The number of benzene rings is 1. The molecule has 0 radical (unpaired) electrons. The van der Waals surface area contributed by atoms with E-state index in [1.165, 1.54) is 23.1 Å². The van der Waals surface area contributed by atoms with E-state index in [9.17, 15) is 4.79 Å². The van der Waals surface area contributed by atoms with Gasteiger partial charge in [-0.05, 0) is 30.9 Å². The molecule has 0 saturated heterocycles. The van der Waals surface area contributed by atoms with Gasteiger partial charge in [0.15, 0.2) is 0 Å². The zero-order chi connectivity index (χ0) is 11.1. The second-order valence-electron chi connectivity index (χ2n) is 4.35. The van der Waals surface area contributed by atoms with E-state index in [0.29, 0.717) is 6.54 Å². The van der Waals surface area contributed by atoms with Gasteiger partial charge in [-0.2, -0.15) is 0 Å². The van der Waals surface area contributed by atoms with Crippen molar-refractivity contribution in [3.05, 3.63) is 35.5 Å². The van der Waals surface area contributed by atoms with Crippen LogP contribution in [0.3, 0.4) is 0 Å². The average molecular weight is 214 g/mol. The maximum absolute atomic E-state index is 11.1. The predicted octanol–water partition coefficient (Wildman–Crippen LogP) is 1.62. The Hall–Kier alpha value is -1.77. The van der Waals surface area contributed by atoms with E-state index >= 15 is 0 Å².